The topological polar surface area (TPSA) is 315 Å². The quantitative estimate of drug-likeness (QED) is 0.0240. The van der Waals surface area contributed by atoms with Crippen LogP contribution in [0, 0.1) is 24.2 Å². The van der Waals surface area contributed by atoms with E-state index in [-0.39, 0.29) is 68.4 Å². The number of hydrogen-bond donors (Lipinski definition) is 7. The van der Waals surface area contributed by atoms with E-state index in [4.69, 9.17) is 39.0 Å². The first-order valence-corrected chi connectivity index (χ1v) is 27.9. The highest BCUT2D eigenvalue weighted by molar-refractivity contribution is 7.13. The summed E-state index contributed by atoms with van der Waals surface area (Å²) in [6.07, 6.45) is 2.55. The Morgan fingerprint density at radius 1 is 0.875 bits per heavy atom. The summed E-state index contributed by atoms with van der Waals surface area (Å²) in [5.41, 5.74) is 10.6. The van der Waals surface area contributed by atoms with Crippen molar-refractivity contribution in [3.05, 3.63) is 52.9 Å². The number of amides is 4. The summed E-state index contributed by atoms with van der Waals surface area (Å²) in [4.78, 5) is 68.7. The Bertz CT molecular complexity index is 2850. The van der Waals surface area contributed by atoms with E-state index in [0.29, 0.717) is 120 Å². The van der Waals surface area contributed by atoms with Crippen molar-refractivity contribution in [1.29, 1.82) is 0 Å². The molecule has 1 fully saturated rings. The Labute approximate surface area is 470 Å². The van der Waals surface area contributed by atoms with E-state index in [0.717, 1.165) is 21.7 Å². The van der Waals surface area contributed by atoms with Gasteiger partial charge in [-0.25, -0.2) is 19.6 Å². The number of aromatic nitrogens is 6. The maximum atomic E-state index is 13.9. The number of rotatable bonds is 32. The second kappa shape index (κ2) is 30.8. The highest BCUT2D eigenvalue weighted by atomic mass is 32.1. The molecule has 0 radical (unpaired) electrons. The summed E-state index contributed by atoms with van der Waals surface area (Å²) in [5.74, 6) is 5.50. The van der Waals surface area contributed by atoms with Crippen LogP contribution in [-0.2, 0) is 51.2 Å². The van der Waals surface area contributed by atoms with Gasteiger partial charge in [0.1, 0.15) is 34.4 Å². The lowest BCUT2D eigenvalue weighted by Crippen LogP contribution is -2.57. The molecular formula is C55H78N12O12S. The van der Waals surface area contributed by atoms with Crippen LogP contribution in [0.2, 0.25) is 0 Å². The predicted molar refractivity (Wildman–Crippen MR) is 299 cm³/mol. The first-order chi connectivity index (χ1) is 38.3. The van der Waals surface area contributed by atoms with E-state index in [2.05, 4.69) is 53.4 Å². The lowest BCUT2D eigenvalue weighted by Gasteiger charge is -2.35. The Morgan fingerprint density at radius 2 is 1.56 bits per heavy atom. The molecule has 80 heavy (non-hydrogen) atoms. The molecular weight excluding hydrogens is 1050 g/mol. The average molecular weight is 1130 g/mol. The van der Waals surface area contributed by atoms with Gasteiger partial charge in [0, 0.05) is 45.4 Å². The summed E-state index contributed by atoms with van der Waals surface area (Å²) in [7, 11) is 0. The molecule has 1 aliphatic rings. The number of nitrogens with two attached hydrogens (primary N) is 1. The van der Waals surface area contributed by atoms with Crippen molar-refractivity contribution < 1.29 is 57.7 Å². The molecule has 1 saturated heterocycles. The minimum absolute atomic E-state index is 0.0134. The van der Waals surface area contributed by atoms with E-state index >= 15 is 0 Å². The van der Waals surface area contributed by atoms with E-state index in [9.17, 15) is 29.4 Å². The zero-order valence-electron chi connectivity index (χ0n) is 46.9. The molecule has 8 N–H and O–H groups in total. The number of anilines is 1. The first-order valence-electron chi connectivity index (χ1n) is 27.0. The molecule has 1 aliphatic heterocycles. The normalized spacial score (nSPS) is 14.9. The Balaban J connectivity index is 0.749. The van der Waals surface area contributed by atoms with Crippen LogP contribution in [0.4, 0.5) is 5.82 Å². The van der Waals surface area contributed by atoms with Gasteiger partial charge in [-0.3, -0.25) is 19.2 Å². The predicted octanol–water partition coefficient (Wildman–Crippen LogP) is 3.16. The maximum absolute atomic E-state index is 13.9. The number of benzene rings is 1. The number of pyridine rings is 1. The monoisotopic (exact) mass is 1130 g/mol. The molecule has 24 nitrogen and oxygen atoms in total. The lowest BCUT2D eigenvalue weighted by atomic mass is 9.85. The third-order valence-corrected chi connectivity index (χ3v) is 13.6. The molecule has 25 heteroatoms. The summed E-state index contributed by atoms with van der Waals surface area (Å²) in [6, 6.07) is 6.03. The second-order valence-corrected chi connectivity index (χ2v) is 21.6. The third-order valence-electron chi connectivity index (χ3n) is 12.6. The van der Waals surface area contributed by atoms with Crippen LogP contribution in [0.25, 0.3) is 33.0 Å². The van der Waals surface area contributed by atoms with Crippen LogP contribution in [0.5, 0.6) is 5.75 Å². The average Bonchev–Trinajstić information content (AvgIpc) is 4.31. The molecule has 436 valence electrons. The fourth-order valence-corrected chi connectivity index (χ4v) is 9.34. The number of β-amino-alcohol motifs (C(OH)–C–C–N with tert-alkyl or cyclic N) is 1. The minimum Gasteiger partial charge on any atom is -0.490 e. The van der Waals surface area contributed by atoms with Gasteiger partial charge in [0.2, 0.25) is 23.6 Å². The molecule has 1 unspecified atom stereocenters. The zero-order chi connectivity index (χ0) is 57.7. The Morgan fingerprint density at radius 3 is 2.20 bits per heavy atom. The third kappa shape index (κ3) is 19.0. The van der Waals surface area contributed by atoms with Crippen molar-refractivity contribution in [1.82, 2.24) is 56.0 Å². The van der Waals surface area contributed by atoms with Crippen molar-refractivity contribution in [2.45, 2.75) is 117 Å². The molecule has 4 amide bonds. The molecule has 0 spiro atoms. The van der Waals surface area contributed by atoms with Gasteiger partial charge in [0.15, 0.2) is 23.1 Å². The SMILES string of the molecule is CCn1c(-c2nonc2N)nc2c(C#CC(C)(C)O)ncc(OCCCNCCCC(=O)NCCOCCOCCOCCOCCC(=O)NC(C(=O)N3C[C@H](O)C[C@H]3C(=O)NCc3ccc(-c4scnc4C)cc3)C(C)(C)C)c21. The van der Waals surface area contributed by atoms with Crippen LogP contribution in [-0.4, -0.2) is 178 Å². The fraction of sp³-hybridized carbons (Fsp3) is 0.582. The fourth-order valence-electron chi connectivity index (χ4n) is 8.53. The van der Waals surface area contributed by atoms with E-state index in [1.54, 1.807) is 31.4 Å². The number of nitrogens with one attached hydrogen (secondary N) is 4. The van der Waals surface area contributed by atoms with Crippen LogP contribution < -0.4 is 31.7 Å². The lowest BCUT2D eigenvalue weighted by molar-refractivity contribution is -0.144. The molecule has 1 aromatic carbocycles. The van der Waals surface area contributed by atoms with E-state index < -0.39 is 35.1 Å². The van der Waals surface area contributed by atoms with Crippen molar-refractivity contribution in [3.8, 4) is 39.5 Å². The van der Waals surface area contributed by atoms with Gasteiger partial charge >= 0.3 is 0 Å². The number of fused-ring (bicyclic) bond motifs is 1. The van der Waals surface area contributed by atoms with Gasteiger partial charge < -0.3 is 70.4 Å². The highest BCUT2D eigenvalue weighted by Gasteiger charge is 2.44. The molecule has 3 atom stereocenters. The second-order valence-electron chi connectivity index (χ2n) is 20.7. The molecule has 5 aromatic rings. The number of aryl methyl sites for hydroxylation is 2. The van der Waals surface area contributed by atoms with Gasteiger partial charge in [-0.15, -0.1) is 11.3 Å². The zero-order valence-corrected chi connectivity index (χ0v) is 47.7. The Kier molecular flexibility index (Phi) is 24.1. The number of aliphatic hydroxyl groups excluding tert-OH is 1. The number of imidazole rings is 1. The molecule has 5 heterocycles. The number of nitrogens with zero attached hydrogens (tertiary/aromatic N) is 7. The standard InChI is InChI=1S/C55H78N12O12S/c1-8-66-47-42(33-59-40(16-18-55(6,7)73)45(47)63-51(66)46-50(56)65-79-64-46)78-22-10-20-57-19-9-11-43(69)58-21-24-75-26-28-77-30-29-76-27-25-74-23-17-44(70)62-49(54(3,4)5)53(72)67-34-39(68)31-41(67)52(71)60-32-37-12-14-38(15-13-37)48-36(2)61-35-80-48/h12-15,33,35,39,41,49,57,68,73H,8-11,17,19-32,34H2,1-7H3,(H2,56,65)(H,58,69)(H,60,71)(H,62,70)/t39-,41+,49?/m1/s1. The molecule has 6 rings (SSSR count). The summed E-state index contributed by atoms with van der Waals surface area (Å²) in [6.45, 7) is 17.9. The van der Waals surface area contributed by atoms with Crippen LogP contribution in [0.1, 0.15) is 90.6 Å². The van der Waals surface area contributed by atoms with Crippen LogP contribution in [0.15, 0.2) is 40.6 Å². The van der Waals surface area contributed by atoms with Crippen molar-refractivity contribution in [3.63, 3.8) is 0 Å². The number of thiazole rings is 1. The minimum atomic E-state index is -1.23. The maximum Gasteiger partial charge on any atom is 0.246 e. The Hall–Kier alpha value is -6.63. The van der Waals surface area contributed by atoms with Crippen LogP contribution in [0.3, 0.4) is 0 Å². The molecule has 0 saturated carbocycles. The van der Waals surface area contributed by atoms with Gasteiger partial charge in [0.05, 0.1) is 87.8 Å². The number of carbonyl (C=O) groups is 4. The van der Waals surface area contributed by atoms with Gasteiger partial charge in [-0.05, 0) is 86.4 Å². The van der Waals surface area contributed by atoms with Gasteiger partial charge in [-0.2, -0.15) is 0 Å². The number of likely N-dealkylation sites (tertiary alicyclic amines) is 1. The first kappa shape index (κ1) is 62.6. The number of hydrogen-bond acceptors (Lipinski definition) is 20. The highest BCUT2D eigenvalue weighted by Crippen LogP contribution is 2.34. The molecule has 4 aromatic heterocycles. The summed E-state index contributed by atoms with van der Waals surface area (Å²) < 4.78 is 35.2. The summed E-state index contributed by atoms with van der Waals surface area (Å²) >= 11 is 1.57. The van der Waals surface area contributed by atoms with E-state index in [1.165, 1.54) is 4.90 Å². The number of ether oxygens (including phenoxy) is 5. The molecule has 0 aliphatic carbocycles. The van der Waals surface area contributed by atoms with Gasteiger partial charge in [0.25, 0.3) is 0 Å². The van der Waals surface area contributed by atoms with Crippen molar-refractivity contribution in [2.24, 2.45) is 5.41 Å². The van der Waals surface area contributed by atoms with E-state index in [1.807, 2.05) is 69.0 Å². The number of nitrogen functional groups attached to an aromatic ring is 1. The van der Waals surface area contributed by atoms with Gasteiger partial charge in [-0.1, -0.05) is 51.0 Å². The molecule has 0 bridgehead atoms. The van der Waals surface area contributed by atoms with Crippen molar-refractivity contribution in [2.75, 3.05) is 91.4 Å². The van der Waals surface area contributed by atoms with Crippen LogP contribution >= 0.6 is 11.3 Å². The van der Waals surface area contributed by atoms with Crippen molar-refractivity contribution >= 4 is 51.8 Å². The largest absolute Gasteiger partial charge is 0.490 e. The number of aliphatic hydroxyl groups is 2. The smallest absolute Gasteiger partial charge is 0.246 e. The summed E-state index contributed by atoms with van der Waals surface area (Å²) in [5, 5.41) is 40.3. The number of carbonyl (C=O) groups excluding carboxylic acids is 4.